The molecule has 0 bridgehead atoms. The Bertz CT molecular complexity index is 452. The van der Waals surface area contributed by atoms with Crippen LogP contribution in [0, 0.1) is 0 Å². The van der Waals surface area contributed by atoms with Gasteiger partial charge in [0, 0.05) is 44.1 Å². The lowest BCUT2D eigenvalue weighted by Crippen LogP contribution is -2.47. The molecule has 0 unspecified atom stereocenters. The van der Waals surface area contributed by atoms with Gasteiger partial charge in [-0.15, -0.1) is 0 Å². The minimum absolute atomic E-state index is 0.173. The number of likely N-dealkylation sites (N-methyl/N-ethyl adjacent to an activating group) is 1. The van der Waals surface area contributed by atoms with Gasteiger partial charge in [0.15, 0.2) is 0 Å². The van der Waals surface area contributed by atoms with Gasteiger partial charge in [-0.25, -0.2) is 0 Å². The third-order valence-corrected chi connectivity index (χ3v) is 4.36. The van der Waals surface area contributed by atoms with Crippen molar-refractivity contribution in [3.8, 4) is 0 Å². The van der Waals surface area contributed by atoms with Gasteiger partial charge in [-0.05, 0) is 32.8 Å². The minimum atomic E-state index is -0.803. The molecule has 2 heterocycles. The van der Waals surface area contributed by atoms with Crippen LogP contribution in [0.15, 0.2) is 24.5 Å². The van der Waals surface area contributed by atoms with Gasteiger partial charge in [-0.1, -0.05) is 6.07 Å². The number of carbonyl (C=O) groups is 1. The first kappa shape index (κ1) is 15.9. The Morgan fingerprint density at radius 2 is 2.05 bits per heavy atom. The maximum absolute atomic E-state index is 12.1. The summed E-state index contributed by atoms with van der Waals surface area (Å²) in [6, 6.07) is 3.77. The molecular weight excluding hydrogens is 266 g/mol. The highest BCUT2D eigenvalue weighted by Crippen LogP contribution is 2.32. The molecule has 0 radical (unpaired) electrons. The Kier molecular flexibility index (Phi) is 5.31. The summed E-state index contributed by atoms with van der Waals surface area (Å²) < 4.78 is 0. The van der Waals surface area contributed by atoms with Gasteiger partial charge in [0.1, 0.15) is 0 Å². The van der Waals surface area contributed by atoms with Crippen molar-refractivity contribution in [2.75, 3.05) is 32.7 Å². The van der Waals surface area contributed by atoms with Crippen LogP contribution in [0.2, 0.25) is 0 Å². The first-order chi connectivity index (χ1) is 10.1. The van der Waals surface area contributed by atoms with Gasteiger partial charge in [0.05, 0.1) is 12.1 Å². The molecule has 0 saturated carbocycles. The Balaban J connectivity index is 1.90. The number of carbonyl (C=O) groups excluding carboxylic acids is 1. The molecule has 21 heavy (non-hydrogen) atoms. The summed E-state index contributed by atoms with van der Waals surface area (Å²) in [6.45, 7) is 7.42. The van der Waals surface area contributed by atoms with E-state index in [1.807, 2.05) is 30.9 Å². The molecule has 0 spiro atoms. The first-order valence-electron chi connectivity index (χ1n) is 7.72. The summed E-state index contributed by atoms with van der Waals surface area (Å²) in [5.74, 6) is 0.173. The van der Waals surface area contributed by atoms with E-state index in [-0.39, 0.29) is 5.91 Å². The van der Waals surface area contributed by atoms with Crippen molar-refractivity contribution in [2.45, 2.75) is 32.3 Å². The van der Waals surface area contributed by atoms with Crippen LogP contribution in [-0.4, -0.2) is 58.5 Å². The highest BCUT2D eigenvalue weighted by molar-refractivity contribution is 5.78. The van der Waals surface area contributed by atoms with E-state index in [0.29, 0.717) is 19.4 Å². The van der Waals surface area contributed by atoms with Gasteiger partial charge < -0.3 is 10.0 Å². The zero-order valence-corrected chi connectivity index (χ0v) is 13.0. The lowest BCUT2D eigenvalue weighted by molar-refractivity contribution is -0.133. The monoisotopic (exact) mass is 291 g/mol. The van der Waals surface area contributed by atoms with Crippen LogP contribution in [0.25, 0.3) is 0 Å². The Labute approximate surface area is 126 Å². The number of aromatic nitrogens is 1. The van der Waals surface area contributed by atoms with Crippen LogP contribution in [0.5, 0.6) is 0 Å². The van der Waals surface area contributed by atoms with Gasteiger partial charge in [-0.2, -0.15) is 0 Å². The molecule has 1 aromatic heterocycles. The first-order valence-corrected chi connectivity index (χ1v) is 7.72. The molecule has 1 saturated heterocycles. The summed E-state index contributed by atoms with van der Waals surface area (Å²) in [6.07, 6.45) is 4.73. The second-order valence-electron chi connectivity index (χ2n) is 5.62. The zero-order chi connectivity index (χ0) is 15.3. The van der Waals surface area contributed by atoms with E-state index in [1.54, 1.807) is 12.4 Å². The van der Waals surface area contributed by atoms with Gasteiger partial charge >= 0.3 is 0 Å². The van der Waals surface area contributed by atoms with Crippen molar-refractivity contribution in [2.24, 2.45) is 0 Å². The lowest BCUT2D eigenvalue weighted by Gasteiger charge is -2.38. The molecule has 1 N–H and O–H groups in total. The van der Waals surface area contributed by atoms with Crippen molar-refractivity contribution in [1.82, 2.24) is 14.8 Å². The topological polar surface area (TPSA) is 56.7 Å². The lowest BCUT2D eigenvalue weighted by atomic mass is 9.85. The molecule has 1 aliphatic heterocycles. The van der Waals surface area contributed by atoms with Gasteiger partial charge in [0.2, 0.25) is 5.91 Å². The average molecular weight is 291 g/mol. The summed E-state index contributed by atoms with van der Waals surface area (Å²) >= 11 is 0. The Morgan fingerprint density at radius 1 is 1.38 bits per heavy atom. The molecule has 0 atom stereocenters. The number of likely N-dealkylation sites (tertiary alicyclic amines) is 1. The minimum Gasteiger partial charge on any atom is -0.385 e. The summed E-state index contributed by atoms with van der Waals surface area (Å²) in [5, 5.41) is 10.7. The smallest absolute Gasteiger partial charge is 0.236 e. The van der Waals surface area contributed by atoms with Crippen LogP contribution in [0.1, 0.15) is 32.3 Å². The number of aliphatic hydroxyl groups is 1. The van der Waals surface area contributed by atoms with Crippen molar-refractivity contribution < 1.29 is 9.90 Å². The molecular formula is C16H25N3O2. The fraction of sp³-hybridized carbons (Fsp3) is 0.625. The summed E-state index contributed by atoms with van der Waals surface area (Å²) in [7, 11) is 0. The average Bonchev–Trinajstić information content (AvgIpc) is 2.52. The molecule has 0 aliphatic carbocycles. The van der Waals surface area contributed by atoms with Crippen LogP contribution in [0.4, 0.5) is 0 Å². The third kappa shape index (κ3) is 3.80. The molecule has 1 amide bonds. The highest BCUT2D eigenvalue weighted by atomic mass is 16.3. The molecule has 5 heteroatoms. The normalized spacial score (nSPS) is 18.4. The number of pyridine rings is 1. The number of nitrogens with zero attached hydrogens (tertiary/aromatic N) is 3. The van der Waals surface area contributed by atoms with Crippen molar-refractivity contribution in [3.63, 3.8) is 0 Å². The van der Waals surface area contributed by atoms with Crippen molar-refractivity contribution in [1.29, 1.82) is 0 Å². The number of hydrogen-bond acceptors (Lipinski definition) is 4. The summed E-state index contributed by atoms with van der Waals surface area (Å²) in [5.41, 5.74) is 0.0722. The second kappa shape index (κ2) is 7.00. The Morgan fingerprint density at radius 3 is 2.57 bits per heavy atom. The van der Waals surface area contributed by atoms with E-state index in [9.17, 15) is 9.90 Å². The van der Waals surface area contributed by atoms with E-state index in [0.717, 1.165) is 31.7 Å². The van der Waals surface area contributed by atoms with Crippen LogP contribution < -0.4 is 0 Å². The number of amides is 1. The predicted molar refractivity (Wildman–Crippen MR) is 81.7 cm³/mol. The SMILES string of the molecule is CCN(CC)C(=O)CN1CCC(O)(c2cccnc2)CC1. The van der Waals surface area contributed by atoms with Crippen LogP contribution in [0.3, 0.4) is 0 Å². The molecule has 1 fully saturated rings. The molecule has 1 aliphatic rings. The summed E-state index contributed by atoms with van der Waals surface area (Å²) in [4.78, 5) is 20.2. The van der Waals surface area contributed by atoms with Crippen molar-refractivity contribution in [3.05, 3.63) is 30.1 Å². The van der Waals surface area contributed by atoms with E-state index in [4.69, 9.17) is 0 Å². The van der Waals surface area contributed by atoms with E-state index in [1.165, 1.54) is 0 Å². The molecule has 116 valence electrons. The molecule has 5 nitrogen and oxygen atoms in total. The van der Waals surface area contributed by atoms with Crippen LogP contribution in [-0.2, 0) is 10.4 Å². The van der Waals surface area contributed by atoms with Gasteiger partial charge in [-0.3, -0.25) is 14.7 Å². The fourth-order valence-electron chi connectivity index (χ4n) is 2.88. The quantitative estimate of drug-likeness (QED) is 0.886. The predicted octanol–water partition coefficient (Wildman–Crippen LogP) is 1.23. The van der Waals surface area contributed by atoms with E-state index >= 15 is 0 Å². The zero-order valence-electron chi connectivity index (χ0n) is 13.0. The number of piperidine rings is 1. The largest absolute Gasteiger partial charge is 0.385 e. The number of hydrogen-bond donors (Lipinski definition) is 1. The second-order valence-corrected chi connectivity index (χ2v) is 5.62. The van der Waals surface area contributed by atoms with Crippen LogP contribution >= 0.6 is 0 Å². The maximum Gasteiger partial charge on any atom is 0.236 e. The molecule has 2 rings (SSSR count). The maximum atomic E-state index is 12.1. The fourth-order valence-corrected chi connectivity index (χ4v) is 2.88. The standard InChI is InChI=1S/C16H25N3O2/c1-3-19(4-2)15(20)13-18-10-7-16(21,8-11-18)14-6-5-9-17-12-14/h5-6,9,12,21H,3-4,7-8,10-11,13H2,1-2H3. The number of rotatable bonds is 5. The van der Waals surface area contributed by atoms with E-state index in [2.05, 4.69) is 9.88 Å². The molecule has 1 aromatic rings. The van der Waals surface area contributed by atoms with Gasteiger partial charge in [0.25, 0.3) is 0 Å². The van der Waals surface area contributed by atoms with E-state index < -0.39 is 5.60 Å². The molecule has 0 aromatic carbocycles. The Hall–Kier alpha value is -1.46. The third-order valence-electron chi connectivity index (χ3n) is 4.36. The van der Waals surface area contributed by atoms with Crippen molar-refractivity contribution >= 4 is 5.91 Å². The highest BCUT2D eigenvalue weighted by Gasteiger charge is 2.34.